The molecule has 2 N–H and O–H groups in total. The van der Waals surface area contributed by atoms with Crippen molar-refractivity contribution in [3.8, 4) is 0 Å². The number of likely N-dealkylation sites (N-methyl/N-ethyl adjacent to an activating group) is 1. The Morgan fingerprint density at radius 3 is 2.69 bits per heavy atom. The van der Waals surface area contributed by atoms with Gasteiger partial charge in [0.2, 0.25) is 5.91 Å². The number of carbonyl (C=O) groups is 1. The molecule has 0 radical (unpaired) electrons. The monoisotopic (exact) mass is 230 g/mol. The standard InChI is InChI=1S/C11H22N2O3/c1-3-13(5-4-6-14)10(15)7-16-11(2)8-12-9-11/h12,14H,3-9H2,1-2H3. The third-order valence-corrected chi connectivity index (χ3v) is 2.86. The number of amides is 1. The Kier molecular flexibility index (Phi) is 5.18. The molecular weight excluding hydrogens is 208 g/mol. The Balaban J connectivity index is 2.25. The average molecular weight is 230 g/mol. The maximum atomic E-state index is 11.8. The molecule has 1 aliphatic rings. The first-order valence-corrected chi connectivity index (χ1v) is 5.84. The van der Waals surface area contributed by atoms with Gasteiger partial charge >= 0.3 is 0 Å². The Morgan fingerprint density at radius 2 is 2.25 bits per heavy atom. The van der Waals surface area contributed by atoms with Gasteiger partial charge in [0.05, 0.1) is 5.60 Å². The van der Waals surface area contributed by atoms with E-state index in [1.165, 1.54) is 0 Å². The zero-order valence-electron chi connectivity index (χ0n) is 10.2. The van der Waals surface area contributed by atoms with Gasteiger partial charge in [0.1, 0.15) is 6.61 Å². The van der Waals surface area contributed by atoms with E-state index in [1.807, 2.05) is 13.8 Å². The van der Waals surface area contributed by atoms with E-state index in [1.54, 1.807) is 4.90 Å². The molecule has 0 unspecified atom stereocenters. The average Bonchev–Trinajstić information content (AvgIpc) is 2.24. The van der Waals surface area contributed by atoms with E-state index in [0.717, 1.165) is 13.1 Å². The summed E-state index contributed by atoms with van der Waals surface area (Å²) in [7, 11) is 0. The minimum absolute atomic E-state index is 0.00377. The van der Waals surface area contributed by atoms with Crippen LogP contribution in [0.5, 0.6) is 0 Å². The lowest BCUT2D eigenvalue weighted by Gasteiger charge is -2.39. The summed E-state index contributed by atoms with van der Waals surface area (Å²) in [5, 5.41) is 11.8. The molecule has 5 nitrogen and oxygen atoms in total. The lowest BCUT2D eigenvalue weighted by Crippen LogP contribution is -2.59. The van der Waals surface area contributed by atoms with E-state index in [-0.39, 0.29) is 24.7 Å². The first-order valence-electron chi connectivity index (χ1n) is 5.84. The van der Waals surface area contributed by atoms with Crippen LogP contribution in [0.1, 0.15) is 20.3 Å². The summed E-state index contributed by atoms with van der Waals surface area (Å²) in [5.41, 5.74) is -0.175. The van der Waals surface area contributed by atoms with Crippen molar-refractivity contribution in [2.24, 2.45) is 0 Å². The van der Waals surface area contributed by atoms with Gasteiger partial charge in [-0.25, -0.2) is 0 Å². The van der Waals surface area contributed by atoms with Gasteiger partial charge in [-0.05, 0) is 20.3 Å². The summed E-state index contributed by atoms with van der Waals surface area (Å²) >= 11 is 0. The van der Waals surface area contributed by atoms with E-state index >= 15 is 0 Å². The van der Waals surface area contributed by atoms with E-state index < -0.39 is 0 Å². The maximum absolute atomic E-state index is 11.8. The topological polar surface area (TPSA) is 61.8 Å². The van der Waals surface area contributed by atoms with Gasteiger partial charge in [-0.2, -0.15) is 0 Å². The van der Waals surface area contributed by atoms with Crippen LogP contribution in [0.4, 0.5) is 0 Å². The molecule has 94 valence electrons. The van der Waals surface area contributed by atoms with Crippen molar-refractivity contribution in [3.05, 3.63) is 0 Å². The fourth-order valence-electron chi connectivity index (χ4n) is 1.63. The van der Waals surface area contributed by atoms with Gasteiger partial charge in [-0.3, -0.25) is 4.79 Å². The van der Waals surface area contributed by atoms with Crippen LogP contribution in [0.15, 0.2) is 0 Å². The Morgan fingerprint density at radius 1 is 1.56 bits per heavy atom. The molecule has 0 aromatic heterocycles. The first kappa shape index (κ1) is 13.4. The molecule has 1 amide bonds. The van der Waals surface area contributed by atoms with Crippen LogP contribution < -0.4 is 5.32 Å². The number of hydrogen-bond donors (Lipinski definition) is 2. The van der Waals surface area contributed by atoms with Crippen molar-refractivity contribution in [2.75, 3.05) is 39.4 Å². The summed E-state index contributed by atoms with van der Waals surface area (Å²) in [4.78, 5) is 13.5. The predicted molar refractivity (Wildman–Crippen MR) is 61.2 cm³/mol. The van der Waals surface area contributed by atoms with Crippen molar-refractivity contribution in [2.45, 2.75) is 25.9 Å². The van der Waals surface area contributed by atoms with Crippen LogP contribution in [0.25, 0.3) is 0 Å². The lowest BCUT2D eigenvalue weighted by molar-refractivity contribution is -0.145. The van der Waals surface area contributed by atoms with Crippen molar-refractivity contribution in [1.82, 2.24) is 10.2 Å². The molecule has 1 fully saturated rings. The van der Waals surface area contributed by atoms with Gasteiger partial charge in [-0.1, -0.05) is 0 Å². The minimum Gasteiger partial charge on any atom is -0.396 e. The summed E-state index contributed by atoms with van der Waals surface area (Å²) < 4.78 is 5.57. The van der Waals surface area contributed by atoms with Gasteiger partial charge < -0.3 is 20.1 Å². The molecule has 5 heteroatoms. The van der Waals surface area contributed by atoms with E-state index in [2.05, 4.69) is 5.32 Å². The number of aliphatic hydroxyl groups excluding tert-OH is 1. The first-order chi connectivity index (χ1) is 7.61. The summed E-state index contributed by atoms with van der Waals surface area (Å²) in [6.45, 7) is 7.07. The summed E-state index contributed by atoms with van der Waals surface area (Å²) in [6, 6.07) is 0. The number of carbonyl (C=O) groups excluding carboxylic acids is 1. The quantitative estimate of drug-likeness (QED) is 0.624. The second-order valence-electron chi connectivity index (χ2n) is 4.39. The highest BCUT2D eigenvalue weighted by atomic mass is 16.5. The molecule has 1 saturated heterocycles. The summed E-state index contributed by atoms with van der Waals surface area (Å²) in [6.07, 6.45) is 0.623. The van der Waals surface area contributed by atoms with Crippen LogP contribution in [0, 0.1) is 0 Å². The van der Waals surface area contributed by atoms with Crippen LogP contribution in [0.2, 0.25) is 0 Å². The van der Waals surface area contributed by atoms with Crippen molar-refractivity contribution in [1.29, 1.82) is 0 Å². The molecule has 0 aromatic rings. The molecule has 1 aliphatic heterocycles. The second-order valence-corrected chi connectivity index (χ2v) is 4.39. The number of aliphatic hydroxyl groups is 1. The predicted octanol–water partition coefficient (Wildman–Crippen LogP) is -0.404. The van der Waals surface area contributed by atoms with Crippen molar-refractivity contribution in [3.63, 3.8) is 0 Å². The maximum Gasteiger partial charge on any atom is 0.248 e. The van der Waals surface area contributed by atoms with Crippen molar-refractivity contribution >= 4 is 5.91 Å². The fraction of sp³-hybridized carbons (Fsp3) is 0.909. The Labute approximate surface area is 96.8 Å². The molecule has 0 atom stereocenters. The Hall–Kier alpha value is -0.650. The smallest absolute Gasteiger partial charge is 0.248 e. The number of hydrogen-bond acceptors (Lipinski definition) is 4. The fourth-order valence-corrected chi connectivity index (χ4v) is 1.63. The molecule has 16 heavy (non-hydrogen) atoms. The molecule has 0 spiro atoms. The highest BCUT2D eigenvalue weighted by molar-refractivity contribution is 5.77. The second kappa shape index (κ2) is 6.18. The lowest BCUT2D eigenvalue weighted by atomic mass is 10.0. The molecule has 0 bridgehead atoms. The highest BCUT2D eigenvalue weighted by Crippen LogP contribution is 2.15. The number of rotatable bonds is 7. The van der Waals surface area contributed by atoms with E-state index in [9.17, 15) is 4.79 Å². The normalized spacial score (nSPS) is 17.9. The van der Waals surface area contributed by atoms with Gasteiger partial charge in [0.25, 0.3) is 0 Å². The third kappa shape index (κ3) is 3.73. The molecule has 1 rings (SSSR count). The molecule has 0 aliphatic carbocycles. The molecular formula is C11H22N2O3. The summed E-state index contributed by atoms with van der Waals surface area (Å²) in [5.74, 6) is 0.00377. The van der Waals surface area contributed by atoms with Gasteiger partial charge in [-0.15, -0.1) is 0 Å². The number of ether oxygens (including phenoxy) is 1. The zero-order chi connectivity index (χ0) is 12.0. The highest BCUT2D eigenvalue weighted by Gasteiger charge is 2.33. The van der Waals surface area contributed by atoms with Crippen LogP contribution in [-0.2, 0) is 9.53 Å². The van der Waals surface area contributed by atoms with Crippen LogP contribution in [-0.4, -0.2) is 60.9 Å². The van der Waals surface area contributed by atoms with Gasteiger partial charge in [0.15, 0.2) is 0 Å². The molecule has 1 heterocycles. The van der Waals surface area contributed by atoms with E-state index in [4.69, 9.17) is 9.84 Å². The zero-order valence-corrected chi connectivity index (χ0v) is 10.2. The SMILES string of the molecule is CCN(CCCO)C(=O)COC1(C)CNC1. The molecule has 0 saturated carbocycles. The minimum atomic E-state index is -0.175. The third-order valence-electron chi connectivity index (χ3n) is 2.86. The number of nitrogens with zero attached hydrogens (tertiary/aromatic N) is 1. The van der Waals surface area contributed by atoms with E-state index in [0.29, 0.717) is 19.5 Å². The van der Waals surface area contributed by atoms with Crippen molar-refractivity contribution < 1.29 is 14.6 Å². The Bertz CT molecular complexity index is 229. The van der Waals surface area contributed by atoms with Crippen LogP contribution >= 0.6 is 0 Å². The molecule has 0 aromatic carbocycles. The van der Waals surface area contributed by atoms with Crippen LogP contribution in [0.3, 0.4) is 0 Å². The van der Waals surface area contributed by atoms with Gasteiger partial charge in [0, 0.05) is 32.8 Å². The largest absolute Gasteiger partial charge is 0.396 e. The number of nitrogens with one attached hydrogen (secondary N) is 1.